The van der Waals surface area contributed by atoms with E-state index in [4.69, 9.17) is 11.6 Å². The van der Waals surface area contributed by atoms with Crippen molar-refractivity contribution in [2.75, 3.05) is 20.3 Å². The Morgan fingerprint density at radius 3 is 2.72 bits per heavy atom. The smallest absolute Gasteiger partial charge is 0.339 e. The number of alkyl halides is 4. The predicted molar refractivity (Wildman–Crippen MR) is 108 cm³/mol. The van der Waals surface area contributed by atoms with Crippen molar-refractivity contribution in [2.24, 2.45) is 5.92 Å². The van der Waals surface area contributed by atoms with Gasteiger partial charge in [0.15, 0.2) is 0 Å². The Labute approximate surface area is 178 Å². The first-order chi connectivity index (χ1) is 13.6. The van der Waals surface area contributed by atoms with E-state index in [-0.39, 0.29) is 24.5 Å². The summed E-state index contributed by atoms with van der Waals surface area (Å²) in [6.07, 6.45) is -2.96. The molecular formula is C17H30ClF3N6OS. The Balaban J connectivity index is 1.51. The first-order valence-electron chi connectivity index (χ1n) is 9.98. The van der Waals surface area contributed by atoms with Crippen molar-refractivity contribution in [3.63, 3.8) is 0 Å². The number of hydrogen-bond donors (Lipinski definition) is 5. The molecule has 3 heterocycles. The van der Waals surface area contributed by atoms with Gasteiger partial charge in [0.2, 0.25) is 5.91 Å². The van der Waals surface area contributed by atoms with Crippen molar-refractivity contribution in [1.82, 2.24) is 31.7 Å². The van der Waals surface area contributed by atoms with Crippen LogP contribution in [0.2, 0.25) is 0 Å². The summed E-state index contributed by atoms with van der Waals surface area (Å²) in [7, 11) is 2.04. The largest absolute Gasteiger partial charge is 0.403 e. The SMILES string of the molecule is C[C@H](SC1NNCN1C)C1CCNC(NC(=O)C2CC(Cl)CC(C(F)(F)F)N2)C1. The van der Waals surface area contributed by atoms with Crippen LogP contribution in [0.15, 0.2) is 0 Å². The lowest BCUT2D eigenvalue weighted by molar-refractivity contribution is -0.164. The fourth-order valence-electron chi connectivity index (χ4n) is 4.06. The van der Waals surface area contributed by atoms with E-state index in [1.54, 1.807) is 0 Å². The van der Waals surface area contributed by atoms with Gasteiger partial charge in [-0.1, -0.05) is 6.92 Å². The highest BCUT2D eigenvalue weighted by Crippen LogP contribution is 2.32. The molecule has 0 aromatic heterocycles. The number of hydrazine groups is 1. The highest BCUT2D eigenvalue weighted by molar-refractivity contribution is 8.00. The quantitative estimate of drug-likeness (QED) is 0.395. The van der Waals surface area contributed by atoms with Gasteiger partial charge in [0.05, 0.1) is 18.9 Å². The highest BCUT2D eigenvalue weighted by atomic mass is 35.5. The summed E-state index contributed by atoms with van der Waals surface area (Å²) >= 11 is 7.83. The van der Waals surface area contributed by atoms with Crippen LogP contribution < -0.4 is 26.8 Å². The summed E-state index contributed by atoms with van der Waals surface area (Å²) in [5.41, 5.74) is 6.53. The first kappa shape index (κ1) is 23.4. The molecule has 3 aliphatic rings. The van der Waals surface area contributed by atoms with Crippen LogP contribution in [0.5, 0.6) is 0 Å². The minimum atomic E-state index is -4.41. The van der Waals surface area contributed by atoms with Gasteiger partial charge in [0.25, 0.3) is 0 Å². The lowest BCUT2D eigenvalue weighted by Crippen LogP contribution is -2.61. The Hall–Kier alpha value is -0.300. The molecule has 0 aromatic carbocycles. The Kier molecular flexibility index (Phi) is 7.96. The van der Waals surface area contributed by atoms with Crippen LogP contribution in [-0.2, 0) is 4.79 Å². The molecule has 0 bridgehead atoms. The third-order valence-electron chi connectivity index (χ3n) is 5.82. The predicted octanol–water partition coefficient (Wildman–Crippen LogP) is 1.12. The normalized spacial score (nSPS) is 38.0. The summed E-state index contributed by atoms with van der Waals surface area (Å²) in [4.78, 5) is 14.8. The molecule has 0 aliphatic carbocycles. The van der Waals surface area contributed by atoms with E-state index in [0.29, 0.717) is 11.2 Å². The first-order valence-corrected chi connectivity index (χ1v) is 11.4. The highest BCUT2D eigenvalue weighted by Gasteiger charge is 2.46. The van der Waals surface area contributed by atoms with Crippen LogP contribution in [0.1, 0.15) is 32.6 Å². The second kappa shape index (κ2) is 9.88. The molecule has 7 atom stereocenters. The molecule has 0 spiro atoms. The van der Waals surface area contributed by atoms with E-state index in [0.717, 1.165) is 26.1 Å². The monoisotopic (exact) mass is 458 g/mol. The standard InChI is InChI=1S/C17H30ClF3N6OS/c1-9(29-16-26-23-8-27(16)2)10-3-4-22-14(5-10)25-15(28)12-6-11(18)7-13(24-12)17(19,20)21/h9-14,16,22-24,26H,3-8H2,1-2H3,(H,25,28)/t9-,10?,11?,12?,13?,14?,16?/m0/s1. The van der Waals surface area contributed by atoms with E-state index in [9.17, 15) is 18.0 Å². The number of thioether (sulfide) groups is 1. The van der Waals surface area contributed by atoms with E-state index in [2.05, 4.69) is 38.6 Å². The number of carbonyl (C=O) groups excluding carboxylic acids is 1. The maximum absolute atomic E-state index is 13.1. The maximum atomic E-state index is 13.1. The molecule has 12 heteroatoms. The molecule has 168 valence electrons. The van der Waals surface area contributed by atoms with Gasteiger partial charge < -0.3 is 5.32 Å². The minimum absolute atomic E-state index is 0.190. The van der Waals surface area contributed by atoms with Crippen molar-refractivity contribution < 1.29 is 18.0 Å². The van der Waals surface area contributed by atoms with Crippen LogP contribution in [-0.4, -0.2) is 71.6 Å². The summed E-state index contributed by atoms with van der Waals surface area (Å²) in [6, 6.07) is -2.68. The van der Waals surface area contributed by atoms with E-state index in [1.807, 2.05) is 18.8 Å². The lowest BCUT2D eigenvalue weighted by Gasteiger charge is -2.37. The summed E-state index contributed by atoms with van der Waals surface area (Å²) in [5, 5.41) is 8.27. The third-order valence-corrected chi connectivity index (χ3v) is 7.73. The molecule has 3 rings (SSSR count). The second-order valence-corrected chi connectivity index (χ2v) is 10.2. The lowest BCUT2D eigenvalue weighted by atomic mass is 9.92. The number of nitrogens with zero attached hydrogens (tertiary/aromatic N) is 1. The maximum Gasteiger partial charge on any atom is 0.403 e. The van der Waals surface area contributed by atoms with Crippen LogP contribution in [0.25, 0.3) is 0 Å². The van der Waals surface area contributed by atoms with Crippen molar-refractivity contribution in [3.8, 4) is 0 Å². The molecule has 3 saturated heterocycles. The number of amides is 1. The topological polar surface area (TPSA) is 80.5 Å². The average Bonchev–Trinajstić information content (AvgIpc) is 3.05. The molecule has 1 amide bonds. The number of rotatable bonds is 5. The Morgan fingerprint density at radius 1 is 1.31 bits per heavy atom. The molecular weight excluding hydrogens is 429 g/mol. The Bertz CT molecular complexity index is 574. The zero-order valence-electron chi connectivity index (χ0n) is 16.6. The van der Waals surface area contributed by atoms with Gasteiger partial charge in [-0.3, -0.25) is 20.3 Å². The van der Waals surface area contributed by atoms with Gasteiger partial charge in [-0.15, -0.1) is 23.4 Å². The second-order valence-electron chi connectivity index (χ2n) is 8.11. The fraction of sp³-hybridized carbons (Fsp3) is 0.941. The fourth-order valence-corrected chi connectivity index (χ4v) is 5.72. The molecule has 3 aliphatic heterocycles. The summed E-state index contributed by atoms with van der Waals surface area (Å²) in [6.45, 7) is 3.72. The van der Waals surface area contributed by atoms with Crippen molar-refractivity contribution in [2.45, 2.75) is 73.2 Å². The molecule has 3 fully saturated rings. The molecule has 0 radical (unpaired) electrons. The van der Waals surface area contributed by atoms with Gasteiger partial charge in [-0.25, -0.2) is 10.9 Å². The van der Waals surface area contributed by atoms with Crippen molar-refractivity contribution >= 4 is 29.3 Å². The third kappa shape index (κ3) is 6.34. The van der Waals surface area contributed by atoms with E-state index >= 15 is 0 Å². The number of carbonyl (C=O) groups is 1. The van der Waals surface area contributed by atoms with Gasteiger partial charge in [0.1, 0.15) is 11.5 Å². The summed E-state index contributed by atoms with van der Waals surface area (Å²) < 4.78 is 39.2. The van der Waals surface area contributed by atoms with Crippen LogP contribution in [0.4, 0.5) is 13.2 Å². The van der Waals surface area contributed by atoms with Gasteiger partial charge in [0, 0.05) is 10.6 Å². The average molecular weight is 459 g/mol. The van der Waals surface area contributed by atoms with Crippen molar-refractivity contribution in [1.29, 1.82) is 0 Å². The van der Waals surface area contributed by atoms with Crippen LogP contribution >= 0.6 is 23.4 Å². The molecule has 29 heavy (non-hydrogen) atoms. The minimum Gasteiger partial charge on any atom is -0.339 e. The Morgan fingerprint density at radius 2 is 2.07 bits per heavy atom. The molecule has 5 N–H and O–H groups in total. The van der Waals surface area contributed by atoms with E-state index < -0.39 is 29.5 Å². The van der Waals surface area contributed by atoms with Gasteiger partial charge in [-0.2, -0.15) is 13.2 Å². The molecule has 7 nitrogen and oxygen atoms in total. The van der Waals surface area contributed by atoms with E-state index in [1.165, 1.54) is 0 Å². The van der Waals surface area contributed by atoms with Gasteiger partial charge >= 0.3 is 6.18 Å². The van der Waals surface area contributed by atoms with Crippen LogP contribution in [0, 0.1) is 5.92 Å². The molecule has 0 saturated carbocycles. The number of nitrogens with one attached hydrogen (secondary N) is 5. The summed E-state index contributed by atoms with van der Waals surface area (Å²) in [5.74, 6) is -0.0326. The zero-order chi connectivity index (χ0) is 21.2. The van der Waals surface area contributed by atoms with Gasteiger partial charge in [-0.05, 0) is 45.2 Å². The zero-order valence-corrected chi connectivity index (χ0v) is 18.1. The number of halogens is 4. The number of hydrogen-bond acceptors (Lipinski definition) is 7. The molecule has 0 aromatic rings. The number of piperidine rings is 2. The molecule has 6 unspecified atom stereocenters. The van der Waals surface area contributed by atoms with Crippen molar-refractivity contribution in [3.05, 3.63) is 0 Å². The van der Waals surface area contributed by atoms with Crippen LogP contribution in [0.3, 0.4) is 0 Å².